The van der Waals surface area contributed by atoms with Gasteiger partial charge in [-0.05, 0) is 6.92 Å². The molecule has 0 radical (unpaired) electrons. The predicted octanol–water partition coefficient (Wildman–Crippen LogP) is -1.67. The Morgan fingerprint density at radius 3 is 2.62 bits per heavy atom. The quantitative estimate of drug-likeness (QED) is 0.334. The standard InChI is InChI=1S/C3H9NO3Si/c1-2(5)4-3(6)7-8/h2,5H,1,8H3,(H,4,6). The van der Waals surface area contributed by atoms with Crippen LogP contribution in [-0.4, -0.2) is 27.9 Å². The van der Waals surface area contributed by atoms with Crippen LogP contribution in [0.1, 0.15) is 6.92 Å². The van der Waals surface area contributed by atoms with E-state index in [0.717, 1.165) is 0 Å². The molecule has 0 spiro atoms. The smallest absolute Gasteiger partial charge is 0.394 e. The fourth-order valence-corrected chi connectivity index (χ4v) is 0.347. The van der Waals surface area contributed by atoms with Gasteiger partial charge >= 0.3 is 6.09 Å². The highest BCUT2D eigenvalue weighted by atomic mass is 28.2. The number of nitrogens with one attached hydrogen (secondary N) is 1. The maximum Gasteiger partial charge on any atom is 0.394 e. The van der Waals surface area contributed by atoms with E-state index in [2.05, 4.69) is 9.74 Å². The van der Waals surface area contributed by atoms with Crippen LogP contribution < -0.4 is 5.32 Å². The highest BCUT2D eigenvalue weighted by Crippen LogP contribution is 1.73. The van der Waals surface area contributed by atoms with Crippen LogP contribution in [0.25, 0.3) is 0 Å². The van der Waals surface area contributed by atoms with Gasteiger partial charge in [0.05, 0.1) is 0 Å². The van der Waals surface area contributed by atoms with E-state index in [4.69, 9.17) is 5.11 Å². The Kier molecular flexibility index (Phi) is 3.21. The lowest BCUT2D eigenvalue weighted by Crippen LogP contribution is -2.31. The molecule has 4 nitrogen and oxygen atoms in total. The molecule has 0 aromatic carbocycles. The minimum Gasteiger partial charge on any atom is -0.513 e. The third-order valence-corrected chi connectivity index (χ3v) is 0.883. The average Bonchev–Trinajstić information content (AvgIpc) is 1.65. The lowest BCUT2D eigenvalue weighted by molar-refractivity contribution is 0.139. The SMILES string of the molecule is CC(O)NC(=O)O[SiH3]. The summed E-state index contributed by atoms with van der Waals surface area (Å²) < 4.78 is 4.29. The van der Waals surface area contributed by atoms with E-state index < -0.39 is 12.3 Å². The van der Waals surface area contributed by atoms with Crippen molar-refractivity contribution in [2.75, 3.05) is 0 Å². The molecule has 0 aliphatic heterocycles. The van der Waals surface area contributed by atoms with Crippen molar-refractivity contribution in [3.63, 3.8) is 0 Å². The van der Waals surface area contributed by atoms with Crippen LogP contribution in [0, 0.1) is 0 Å². The molecule has 8 heavy (non-hydrogen) atoms. The zero-order valence-electron chi connectivity index (χ0n) is 4.84. The Morgan fingerprint density at radius 1 is 2.00 bits per heavy atom. The number of aliphatic hydroxyl groups excluding tert-OH is 1. The number of rotatable bonds is 1. The highest BCUT2D eigenvalue weighted by molar-refractivity contribution is 6.04. The van der Waals surface area contributed by atoms with Gasteiger partial charge in [0.25, 0.3) is 0 Å². The van der Waals surface area contributed by atoms with Crippen molar-refractivity contribution in [3.05, 3.63) is 0 Å². The molecule has 2 N–H and O–H groups in total. The second-order valence-electron chi connectivity index (χ2n) is 1.31. The molecule has 1 atom stereocenters. The lowest BCUT2D eigenvalue weighted by Gasteiger charge is -2.04. The normalized spacial score (nSPS) is 12.8. The van der Waals surface area contributed by atoms with E-state index in [1.54, 1.807) is 0 Å². The van der Waals surface area contributed by atoms with Gasteiger partial charge in [0.1, 0.15) is 6.23 Å². The van der Waals surface area contributed by atoms with E-state index in [-0.39, 0.29) is 0 Å². The summed E-state index contributed by atoms with van der Waals surface area (Å²) in [5.74, 6) is 0. The minimum atomic E-state index is -0.823. The van der Waals surface area contributed by atoms with Crippen molar-refractivity contribution < 1.29 is 14.3 Å². The Labute approximate surface area is 50.4 Å². The number of carbonyl (C=O) groups is 1. The maximum absolute atomic E-state index is 10.2. The van der Waals surface area contributed by atoms with Crippen molar-refractivity contribution >= 4 is 16.6 Å². The van der Waals surface area contributed by atoms with Gasteiger partial charge in [-0.1, -0.05) is 0 Å². The lowest BCUT2D eigenvalue weighted by atomic mass is 10.7. The van der Waals surface area contributed by atoms with Gasteiger partial charge in [0.2, 0.25) is 10.5 Å². The molecule has 1 amide bonds. The number of aliphatic hydroxyl groups is 1. The first-order valence-corrected chi connectivity index (χ1v) is 3.01. The van der Waals surface area contributed by atoms with Crippen LogP contribution in [-0.2, 0) is 4.43 Å². The van der Waals surface area contributed by atoms with Crippen molar-refractivity contribution in [1.82, 2.24) is 5.32 Å². The maximum atomic E-state index is 10.2. The Morgan fingerprint density at radius 2 is 2.50 bits per heavy atom. The number of hydrogen-bond acceptors (Lipinski definition) is 3. The Bertz CT molecular complexity index is 84.6. The number of carbonyl (C=O) groups excluding carboxylic acids is 1. The molecule has 0 fully saturated rings. The first-order valence-electron chi connectivity index (χ1n) is 2.19. The van der Waals surface area contributed by atoms with Gasteiger partial charge in [-0.2, -0.15) is 0 Å². The third-order valence-electron chi connectivity index (χ3n) is 0.512. The molecule has 1 unspecified atom stereocenters. The molecule has 5 heteroatoms. The van der Waals surface area contributed by atoms with Crippen LogP contribution in [0.15, 0.2) is 0 Å². The van der Waals surface area contributed by atoms with Gasteiger partial charge in [0, 0.05) is 0 Å². The fraction of sp³-hybridized carbons (Fsp3) is 0.667. The molecule has 0 aromatic heterocycles. The van der Waals surface area contributed by atoms with Gasteiger partial charge < -0.3 is 9.53 Å². The molecule has 0 aliphatic carbocycles. The monoisotopic (exact) mass is 135 g/mol. The zero-order chi connectivity index (χ0) is 6.57. The molecule has 0 heterocycles. The summed E-state index contributed by atoms with van der Waals surface area (Å²) in [6.45, 7) is 1.44. The average molecular weight is 135 g/mol. The summed E-state index contributed by atoms with van der Waals surface area (Å²) in [4.78, 5) is 10.2. The summed E-state index contributed by atoms with van der Waals surface area (Å²) in [7, 11) is 0.355. The van der Waals surface area contributed by atoms with E-state index in [1.165, 1.54) is 6.92 Å². The first-order chi connectivity index (χ1) is 3.66. The highest BCUT2D eigenvalue weighted by Gasteiger charge is 1.98. The van der Waals surface area contributed by atoms with E-state index in [9.17, 15) is 4.79 Å². The number of hydrogen-bond donors (Lipinski definition) is 2. The second-order valence-corrected chi connectivity index (χ2v) is 1.72. The van der Waals surface area contributed by atoms with Gasteiger partial charge in [-0.3, -0.25) is 5.32 Å². The van der Waals surface area contributed by atoms with Crippen molar-refractivity contribution in [3.8, 4) is 0 Å². The van der Waals surface area contributed by atoms with Gasteiger partial charge in [-0.25, -0.2) is 4.79 Å². The van der Waals surface area contributed by atoms with Crippen molar-refractivity contribution in [2.45, 2.75) is 13.2 Å². The van der Waals surface area contributed by atoms with Crippen LogP contribution in [0.4, 0.5) is 4.79 Å². The minimum absolute atomic E-state index is 0.355. The van der Waals surface area contributed by atoms with Gasteiger partial charge in [-0.15, -0.1) is 0 Å². The van der Waals surface area contributed by atoms with E-state index in [1.807, 2.05) is 0 Å². The zero-order valence-corrected chi connectivity index (χ0v) is 6.84. The molecule has 0 rings (SSSR count). The molecule has 48 valence electrons. The fourth-order valence-electron chi connectivity index (χ4n) is 0.229. The molecule has 0 aliphatic rings. The summed E-state index contributed by atoms with van der Waals surface area (Å²) in [6, 6.07) is 0. The summed E-state index contributed by atoms with van der Waals surface area (Å²) >= 11 is 0. The summed E-state index contributed by atoms with van der Waals surface area (Å²) in [6.07, 6.45) is -1.39. The molecular weight excluding hydrogens is 126 g/mol. The summed E-state index contributed by atoms with van der Waals surface area (Å²) in [5.41, 5.74) is 0. The van der Waals surface area contributed by atoms with Crippen molar-refractivity contribution in [1.29, 1.82) is 0 Å². The molecule has 0 saturated carbocycles. The van der Waals surface area contributed by atoms with E-state index >= 15 is 0 Å². The molecule has 0 aromatic rings. The van der Waals surface area contributed by atoms with E-state index in [0.29, 0.717) is 10.5 Å². The van der Waals surface area contributed by atoms with Crippen molar-refractivity contribution in [2.24, 2.45) is 0 Å². The van der Waals surface area contributed by atoms with Crippen LogP contribution >= 0.6 is 0 Å². The largest absolute Gasteiger partial charge is 0.513 e. The first kappa shape index (κ1) is 7.45. The van der Waals surface area contributed by atoms with Gasteiger partial charge in [0.15, 0.2) is 0 Å². The molecular formula is C3H9NO3Si. The topological polar surface area (TPSA) is 58.6 Å². The number of amides is 1. The summed E-state index contributed by atoms with van der Waals surface area (Å²) in [5, 5.41) is 10.6. The Hall–Kier alpha value is -0.553. The molecule has 0 saturated heterocycles. The predicted molar refractivity (Wildman–Crippen MR) is 31.2 cm³/mol. The molecule has 0 bridgehead atoms. The van der Waals surface area contributed by atoms with Crippen LogP contribution in [0.3, 0.4) is 0 Å². The van der Waals surface area contributed by atoms with Crippen LogP contribution in [0.2, 0.25) is 0 Å². The second kappa shape index (κ2) is 3.45. The Balaban J connectivity index is 3.25. The third kappa shape index (κ3) is 3.63. The van der Waals surface area contributed by atoms with Crippen LogP contribution in [0.5, 0.6) is 0 Å².